The second-order valence-electron chi connectivity index (χ2n) is 16.4. The van der Waals surface area contributed by atoms with Gasteiger partial charge in [0.15, 0.2) is 5.78 Å². The quantitative estimate of drug-likeness (QED) is 0.0449. The number of H-pyrrole nitrogens is 1. The van der Waals surface area contributed by atoms with Gasteiger partial charge in [-0.1, -0.05) is 97.1 Å². The Bertz CT molecular complexity index is 2790. The molecule has 2 atom stereocenters. The molecule has 0 amide bonds. The van der Waals surface area contributed by atoms with Crippen LogP contribution in [0.5, 0.6) is 5.75 Å². The number of esters is 1. The molecule has 328 valence electrons. The Kier molecular flexibility index (Phi) is 13.9. The predicted octanol–water partition coefficient (Wildman–Crippen LogP) is 8.43. The van der Waals surface area contributed by atoms with Crippen molar-refractivity contribution in [1.82, 2.24) is 15.2 Å². The number of nitrogens with zero attached hydrogens (tertiary/aromatic N) is 1. The molecule has 10 nitrogen and oxygen atoms in total. The van der Waals surface area contributed by atoms with Crippen LogP contribution in [-0.2, 0) is 34.6 Å². The molecule has 1 fully saturated rings. The average molecular weight is 880 g/mol. The molecule has 3 heterocycles. The zero-order valence-corrected chi connectivity index (χ0v) is 36.0. The molecular formula is C52H50FN3O7S. The van der Waals surface area contributed by atoms with Gasteiger partial charge >= 0.3 is 5.97 Å². The van der Waals surface area contributed by atoms with Crippen LogP contribution in [0.3, 0.4) is 0 Å². The summed E-state index contributed by atoms with van der Waals surface area (Å²) in [6.45, 7) is 3.11. The van der Waals surface area contributed by atoms with E-state index in [2.05, 4.69) is 39.5 Å². The number of aliphatic hydroxyl groups is 2. The number of thiophene rings is 1. The molecule has 2 aromatic heterocycles. The van der Waals surface area contributed by atoms with Gasteiger partial charge in [0, 0.05) is 64.0 Å². The van der Waals surface area contributed by atoms with Crippen LogP contribution in [0.25, 0.3) is 21.3 Å². The molecule has 0 bridgehead atoms. The fourth-order valence-corrected chi connectivity index (χ4v) is 9.35. The molecule has 0 radical (unpaired) electrons. The number of carbonyl (C=O) groups is 2. The molecule has 1 aliphatic rings. The van der Waals surface area contributed by atoms with Gasteiger partial charge in [-0.15, -0.1) is 11.3 Å². The molecule has 0 spiro atoms. The monoisotopic (exact) mass is 879 g/mol. The average Bonchev–Trinajstić information content (AvgIpc) is 3.81. The maximum atomic E-state index is 15.2. The van der Waals surface area contributed by atoms with Crippen LogP contribution in [0, 0.1) is 11.7 Å². The van der Waals surface area contributed by atoms with Crippen molar-refractivity contribution in [3.05, 3.63) is 194 Å². The number of phenolic OH excluding ortho intramolecular Hbond substituents is 1. The van der Waals surface area contributed by atoms with Crippen molar-refractivity contribution in [3.63, 3.8) is 0 Å². The van der Waals surface area contributed by atoms with E-state index >= 15 is 4.39 Å². The third kappa shape index (κ3) is 10.2. The predicted molar refractivity (Wildman–Crippen MR) is 247 cm³/mol. The number of aryl methyl sites for hydroxylation is 1. The molecule has 8 rings (SSSR count). The number of aromatic hydroxyl groups is 1. The number of hydrogen-bond acceptors (Lipinski definition) is 10. The Labute approximate surface area is 374 Å². The minimum atomic E-state index is -2.04. The minimum absolute atomic E-state index is 0.0721. The highest BCUT2D eigenvalue weighted by Crippen LogP contribution is 2.37. The Hall–Kier alpha value is -6.28. The summed E-state index contributed by atoms with van der Waals surface area (Å²) in [4.78, 5) is 45.8. The second-order valence-corrected chi connectivity index (χ2v) is 17.6. The maximum Gasteiger partial charge on any atom is 0.347 e. The van der Waals surface area contributed by atoms with E-state index in [4.69, 9.17) is 4.74 Å². The standard InChI is InChI=1S/C52H50FN3O7S/c53-44-29-36(14-15-38(44)30-54-31-47(59)42-18-21-46(58)50-43(42)19-23-49(60)55-50)45(57)20-16-41-17-22-48(64-41)37-10-7-13-40(28-37)52(62,39-11-5-2-6-12-39)51(61)63-33-35-24-26-56(27-25-35)32-34-8-3-1-4-9-34/h1-15,17-19,21-23,28-29,35,47,54,58-59,62H,16,20,24-27,30-33H2,(H,55,60)/t47-,52-/m0/s1. The smallest absolute Gasteiger partial charge is 0.347 e. The van der Waals surface area contributed by atoms with Gasteiger partial charge in [-0.25, -0.2) is 9.18 Å². The van der Waals surface area contributed by atoms with Crippen LogP contribution in [0.4, 0.5) is 4.39 Å². The molecule has 5 N–H and O–H groups in total. The summed E-state index contributed by atoms with van der Waals surface area (Å²) in [6, 6.07) is 40.7. The number of ether oxygens (including phenoxy) is 1. The summed E-state index contributed by atoms with van der Waals surface area (Å²) < 4.78 is 21.2. The van der Waals surface area contributed by atoms with Crippen molar-refractivity contribution in [2.45, 2.75) is 50.5 Å². The molecule has 64 heavy (non-hydrogen) atoms. The number of halogens is 1. The van der Waals surface area contributed by atoms with Crippen molar-refractivity contribution in [3.8, 4) is 16.2 Å². The first-order valence-corrected chi connectivity index (χ1v) is 22.3. The number of phenols is 1. The van der Waals surface area contributed by atoms with Gasteiger partial charge in [0.05, 0.1) is 18.2 Å². The van der Waals surface area contributed by atoms with E-state index in [1.165, 1.54) is 41.2 Å². The third-order valence-electron chi connectivity index (χ3n) is 12.0. The third-order valence-corrected chi connectivity index (χ3v) is 13.2. The molecular weight excluding hydrogens is 830 g/mol. The number of aromatic nitrogens is 1. The van der Waals surface area contributed by atoms with Gasteiger partial charge in [-0.2, -0.15) is 0 Å². The van der Waals surface area contributed by atoms with Gasteiger partial charge in [0.2, 0.25) is 11.2 Å². The van der Waals surface area contributed by atoms with E-state index < -0.39 is 23.5 Å². The number of nitrogens with one attached hydrogen (secondary N) is 2. The van der Waals surface area contributed by atoms with E-state index in [0.717, 1.165) is 47.8 Å². The fourth-order valence-electron chi connectivity index (χ4n) is 8.35. The normalized spacial score (nSPS) is 14.9. The summed E-state index contributed by atoms with van der Waals surface area (Å²) >= 11 is 1.51. The highest BCUT2D eigenvalue weighted by molar-refractivity contribution is 7.15. The lowest BCUT2D eigenvalue weighted by atomic mass is 9.85. The number of likely N-dealkylation sites (tertiary alicyclic amines) is 1. The van der Waals surface area contributed by atoms with Crippen molar-refractivity contribution < 1.29 is 34.0 Å². The summed E-state index contributed by atoms with van der Waals surface area (Å²) in [6.07, 6.45) is 1.40. The van der Waals surface area contributed by atoms with E-state index in [1.54, 1.807) is 48.5 Å². The number of carbonyl (C=O) groups excluding carboxylic acids is 2. The van der Waals surface area contributed by atoms with Crippen LogP contribution in [0.2, 0.25) is 0 Å². The summed E-state index contributed by atoms with van der Waals surface area (Å²) in [5.74, 6) is -1.37. The van der Waals surface area contributed by atoms with Gasteiger partial charge in [0.25, 0.3) is 0 Å². The van der Waals surface area contributed by atoms with Crippen molar-refractivity contribution in [1.29, 1.82) is 0 Å². The molecule has 0 aliphatic carbocycles. The van der Waals surface area contributed by atoms with Gasteiger partial charge in [0.1, 0.15) is 11.6 Å². The number of hydrogen-bond donors (Lipinski definition) is 5. The fraction of sp³-hybridized carbons (Fsp3) is 0.250. The summed E-state index contributed by atoms with van der Waals surface area (Å²) in [5, 5.41) is 36.9. The second kappa shape index (κ2) is 20.0. The summed E-state index contributed by atoms with van der Waals surface area (Å²) in [7, 11) is 0. The Morgan fingerprint density at radius 2 is 1.62 bits per heavy atom. The topological polar surface area (TPSA) is 152 Å². The zero-order chi connectivity index (χ0) is 44.6. The SMILES string of the molecule is O=C(CCc1ccc(-c2cccc([C@](O)(C(=O)OCC3CCN(Cc4ccccc4)CC3)c3ccccc3)c2)s1)c1ccc(CNC[C@H](O)c2ccc(O)c3[nH]c(=O)ccc23)c(F)c1. The number of piperidine rings is 1. The van der Waals surface area contributed by atoms with Crippen LogP contribution in [0.1, 0.15) is 68.4 Å². The first kappa shape index (κ1) is 44.3. The van der Waals surface area contributed by atoms with E-state index in [1.807, 2.05) is 42.5 Å². The number of pyridine rings is 1. The Morgan fingerprint density at radius 1 is 0.875 bits per heavy atom. The molecule has 0 unspecified atom stereocenters. The Morgan fingerprint density at radius 3 is 2.39 bits per heavy atom. The highest BCUT2D eigenvalue weighted by Gasteiger charge is 2.42. The number of ketones is 1. The van der Waals surface area contributed by atoms with Crippen molar-refractivity contribution in [2.75, 3.05) is 26.2 Å². The maximum absolute atomic E-state index is 15.2. The number of aliphatic hydroxyl groups excluding tert-OH is 1. The number of Topliss-reactive ketones (excluding diaryl/α,β-unsaturated/α-hetero) is 1. The largest absolute Gasteiger partial charge is 0.506 e. The van der Waals surface area contributed by atoms with Crippen LogP contribution < -0.4 is 10.9 Å². The lowest BCUT2D eigenvalue weighted by Gasteiger charge is -2.33. The van der Waals surface area contributed by atoms with Crippen LogP contribution in [-0.4, -0.2) is 63.2 Å². The number of rotatable bonds is 17. The molecule has 0 saturated carbocycles. The van der Waals surface area contributed by atoms with E-state index in [0.29, 0.717) is 34.1 Å². The number of aromatic amines is 1. The lowest BCUT2D eigenvalue weighted by Crippen LogP contribution is -2.40. The molecule has 7 aromatic rings. The van der Waals surface area contributed by atoms with Gasteiger partial charge in [-0.05, 0) is 96.9 Å². The minimum Gasteiger partial charge on any atom is -0.506 e. The van der Waals surface area contributed by atoms with Crippen LogP contribution >= 0.6 is 11.3 Å². The lowest BCUT2D eigenvalue weighted by molar-refractivity contribution is -0.164. The Balaban J connectivity index is 0.861. The van der Waals surface area contributed by atoms with E-state index in [9.17, 15) is 29.7 Å². The summed E-state index contributed by atoms with van der Waals surface area (Å²) in [5.41, 5.74) is 1.79. The molecule has 1 aliphatic heterocycles. The van der Waals surface area contributed by atoms with Crippen LogP contribution in [0.15, 0.2) is 144 Å². The number of benzene rings is 5. The number of fused-ring (bicyclic) bond motifs is 1. The van der Waals surface area contributed by atoms with Crippen molar-refractivity contribution in [2.24, 2.45) is 5.92 Å². The molecule has 12 heteroatoms. The van der Waals surface area contributed by atoms with Crippen molar-refractivity contribution >= 4 is 34.0 Å². The van der Waals surface area contributed by atoms with E-state index in [-0.39, 0.29) is 60.2 Å². The van der Waals surface area contributed by atoms with Gasteiger partial charge < -0.3 is 30.4 Å². The zero-order valence-electron chi connectivity index (χ0n) is 35.2. The van der Waals surface area contributed by atoms with Gasteiger partial charge in [-0.3, -0.25) is 14.5 Å². The molecule has 5 aromatic carbocycles. The molecule has 1 saturated heterocycles. The first-order valence-electron chi connectivity index (χ1n) is 21.5. The first-order chi connectivity index (χ1) is 31.0. The highest BCUT2D eigenvalue weighted by atomic mass is 32.1.